The topological polar surface area (TPSA) is 32.3 Å². The van der Waals surface area contributed by atoms with Crippen LogP contribution in [0.2, 0.25) is 0 Å². The zero-order valence-electron chi connectivity index (χ0n) is 10.6. The van der Waals surface area contributed by atoms with Crippen LogP contribution >= 0.6 is 0 Å². The van der Waals surface area contributed by atoms with Crippen LogP contribution < -0.4 is 5.32 Å². The number of halogens is 1. The molecule has 3 heteroatoms. The van der Waals surface area contributed by atoms with Gasteiger partial charge in [-0.15, -0.1) is 0 Å². The third kappa shape index (κ3) is 5.80. The van der Waals surface area contributed by atoms with Gasteiger partial charge >= 0.3 is 0 Å². The van der Waals surface area contributed by atoms with Crippen molar-refractivity contribution in [1.29, 1.82) is 0 Å². The van der Waals surface area contributed by atoms with Crippen molar-refractivity contribution in [3.8, 4) is 0 Å². The first-order valence-electron chi connectivity index (χ1n) is 6.27. The normalized spacial score (nSPS) is 14.6. The molecule has 0 heterocycles. The number of rotatable bonds is 7. The highest BCUT2D eigenvalue weighted by molar-refractivity contribution is 5.16. The first-order valence-corrected chi connectivity index (χ1v) is 6.27. The number of nitrogens with one attached hydrogen (secondary N) is 1. The maximum Gasteiger partial charge on any atom is 0.123 e. The quantitative estimate of drug-likeness (QED) is 0.766. The standard InChI is InChI=1S/C14H22FNO/c1-3-4-14(17)10-16-11(2)9-12-5-7-13(15)8-6-12/h5-8,11,14,16-17H,3-4,9-10H2,1-2H3. The number of aliphatic hydroxyl groups excluding tert-OH is 1. The number of hydrogen-bond donors (Lipinski definition) is 2. The minimum Gasteiger partial charge on any atom is -0.392 e. The predicted molar refractivity (Wildman–Crippen MR) is 68.5 cm³/mol. The summed E-state index contributed by atoms with van der Waals surface area (Å²) in [5, 5.41) is 12.9. The molecule has 2 atom stereocenters. The number of hydrogen-bond acceptors (Lipinski definition) is 2. The molecule has 1 aromatic rings. The molecule has 0 radical (unpaired) electrons. The highest BCUT2D eigenvalue weighted by Crippen LogP contribution is 2.06. The zero-order chi connectivity index (χ0) is 12.7. The molecule has 0 fully saturated rings. The van der Waals surface area contributed by atoms with Gasteiger partial charge < -0.3 is 10.4 Å². The molecule has 2 unspecified atom stereocenters. The van der Waals surface area contributed by atoms with Crippen LogP contribution in [0.3, 0.4) is 0 Å². The lowest BCUT2D eigenvalue weighted by molar-refractivity contribution is 0.157. The third-order valence-electron chi connectivity index (χ3n) is 2.78. The monoisotopic (exact) mass is 239 g/mol. The molecule has 1 aromatic carbocycles. The fourth-order valence-corrected chi connectivity index (χ4v) is 1.82. The molecule has 0 amide bonds. The highest BCUT2D eigenvalue weighted by Gasteiger charge is 2.07. The summed E-state index contributed by atoms with van der Waals surface area (Å²) in [4.78, 5) is 0. The summed E-state index contributed by atoms with van der Waals surface area (Å²) in [5.74, 6) is -0.201. The Labute approximate surface area is 103 Å². The van der Waals surface area contributed by atoms with Crippen molar-refractivity contribution < 1.29 is 9.50 Å². The molecule has 1 rings (SSSR count). The van der Waals surface area contributed by atoms with Crippen LogP contribution in [0.1, 0.15) is 32.3 Å². The molecular weight excluding hydrogens is 217 g/mol. The van der Waals surface area contributed by atoms with Crippen molar-refractivity contribution in [1.82, 2.24) is 5.32 Å². The van der Waals surface area contributed by atoms with Crippen molar-refractivity contribution in [2.75, 3.05) is 6.54 Å². The van der Waals surface area contributed by atoms with Crippen LogP contribution in [0.15, 0.2) is 24.3 Å². The summed E-state index contributed by atoms with van der Waals surface area (Å²) >= 11 is 0. The smallest absolute Gasteiger partial charge is 0.123 e. The highest BCUT2D eigenvalue weighted by atomic mass is 19.1. The van der Waals surface area contributed by atoms with E-state index in [4.69, 9.17) is 0 Å². The lowest BCUT2D eigenvalue weighted by atomic mass is 10.1. The molecule has 0 aliphatic heterocycles. The van der Waals surface area contributed by atoms with Crippen LogP contribution in [0.4, 0.5) is 4.39 Å². The Morgan fingerprint density at radius 1 is 1.29 bits per heavy atom. The van der Waals surface area contributed by atoms with Gasteiger partial charge in [0.25, 0.3) is 0 Å². The Balaban J connectivity index is 2.29. The second kappa shape index (κ2) is 7.41. The van der Waals surface area contributed by atoms with Gasteiger partial charge in [-0.2, -0.15) is 0 Å². The van der Waals surface area contributed by atoms with Crippen LogP contribution in [0, 0.1) is 5.82 Å². The number of benzene rings is 1. The van der Waals surface area contributed by atoms with Gasteiger partial charge in [0, 0.05) is 12.6 Å². The van der Waals surface area contributed by atoms with E-state index in [2.05, 4.69) is 19.2 Å². The van der Waals surface area contributed by atoms with Gasteiger partial charge in [-0.05, 0) is 37.5 Å². The van der Waals surface area contributed by atoms with E-state index in [1.54, 1.807) is 12.1 Å². The zero-order valence-corrected chi connectivity index (χ0v) is 10.6. The fourth-order valence-electron chi connectivity index (χ4n) is 1.82. The van der Waals surface area contributed by atoms with E-state index in [1.165, 1.54) is 12.1 Å². The largest absolute Gasteiger partial charge is 0.392 e. The molecule has 0 saturated carbocycles. The lowest BCUT2D eigenvalue weighted by Gasteiger charge is -2.16. The molecule has 0 aromatic heterocycles. The second-order valence-electron chi connectivity index (χ2n) is 4.58. The summed E-state index contributed by atoms with van der Waals surface area (Å²) in [7, 11) is 0. The average Bonchev–Trinajstić information content (AvgIpc) is 2.30. The molecule has 0 spiro atoms. The fraction of sp³-hybridized carbons (Fsp3) is 0.571. The summed E-state index contributed by atoms with van der Waals surface area (Å²) in [6.07, 6.45) is 2.40. The first kappa shape index (κ1) is 14.1. The molecule has 0 aliphatic carbocycles. The van der Waals surface area contributed by atoms with Crippen LogP contribution in [-0.4, -0.2) is 23.8 Å². The van der Waals surface area contributed by atoms with Gasteiger partial charge in [0.05, 0.1) is 6.10 Å². The second-order valence-corrected chi connectivity index (χ2v) is 4.58. The molecule has 2 N–H and O–H groups in total. The van der Waals surface area contributed by atoms with E-state index in [9.17, 15) is 9.50 Å². The Bertz CT molecular complexity index is 313. The Morgan fingerprint density at radius 2 is 1.94 bits per heavy atom. The number of aliphatic hydroxyl groups is 1. The van der Waals surface area contributed by atoms with Gasteiger partial charge in [-0.25, -0.2) is 4.39 Å². The average molecular weight is 239 g/mol. The molecular formula is C14H22FNO. The van der Waals surface area contributed by atoms with Crippen LogP contribution in [-0.2, 0) is 6.42 Å². The molecule has 0 saturated heterocycles. The van der Waals surface area contributed by atoms with Crippen molar-refractivity contribution in [3.05, 3.63) is 35.6 Å². The van der Waals surface area contributed by atoms with Gasteiger partial charge in [0.2, 0.25) is 0 Å². The van der Waals surface area contributed by atoms with E-state index in [1.807, 2.05) is 0 Å². The van der Waals surface area contributed by atoms with Gasteiger partial charge in [0.15, 0.2) is 0 Å². The Hall–Kier alpha value is -0.930. The minimum absolute atomic E-state index is 0.201. The van der Waals surface area contributed by atoms with E-state index >= 15 is 0 Å². The third-order valence-corrected chi connectivity index (χ3v) is 2.78. The van der Waals surface area contributed by atoms with Gasteiger partial charge in [0.1, 0.15) is 5.82 Å². The van der Waals surface area contributed by atoms with Gasteiger partial charge in [-0.3, -0.25) is 0 Å². The minimum atomic E-state index is -0.268. The molecule has 96 valence electrons. The van der Waals surface area contributed by atoms with Crippen LogP contribution in [0.5, 0.6) is 0 Å². The van der Waals surface area contributed by atoms with Crippen molar-refractivity contribution in [2.45, 2.75) is 45.3 Å². The first-order chi connectivity index (χ1) is 8.11. The molecule has 0 aliphatic rings. The molecule has 2 nitrogen and oxygen atoms in total. The van der Waals surface area contributed by atoms with Gasteiger partial charge in [-0.1, -0.05) is 25.5 Å². The summed E-state index contributed by atoms with van der Waals surface area (Å²) in [6.45, 7) is 4.75. The maximum absolute atomic E-state index is 12.7. The lowest BCUT2D eigenvalue weighted by Crippen LogP contribution is -2.35. The summed E-state index contributed by atoms with van der Waals surface area (Å²) in [6, 6.07) is 6.85. The maximum atomic E-state index is 12.7. The van der Waals surface area contributed by atoms with E-state index < -0.39 is 0 Å². The van der Waals surface area contributed by atoms with E-state index in [0.29, 0.717) is 6.54 Å². The summed E-state index contributed by atoms with van der Waals surface area (Å²) < 4.78 is 12.7. The summed E-state index contributed by atoms with van der Waals surface area (Å²) in [5.41, 5.74) is 1.11. The van der Waals surface area contributed by atoms with Crippen LogP contribution in [0.25, 0.3) is 0 Å². The van der Waals surface area contributed by atoms with E-state index in [0.717, 1.165) is 24.8 Å². The Kier molecular flexibility index (Phi) is 6.16. The van der Waals surface area contributed by atoms with Crippen molar-refractivity contribution in [3.63, 3.8) is 0 Å². The van der Waals surface area contributed by atoms with Crippen molar-refractivity contribution in [2.24, 2.45) is 0 Å². The van der Waals surface area contributed by atoms with Crippen molar-refractivity contribution >= 4 is 0 Å². The SMILES string of the molecule is CCCC(O)CNC(C)Cc1ccc(F)cc1. The molecule has 17 heavy (non-hydrogen) atoms. The van der Waals surface area contributed by atoms with E-state index in [-0.39, 0.29) is 18.0 Å². The molecule has 0 bridgehead atoms. The Morgan fingerprint density at radius 3 is 2.53 bits per heavy atom. The predicted octanol–water partition coefficient (Wildman–Crippen LogP) is 2.51.